The van der Waals surface area contributed by atoms with Gasteiger partial charge in [-0.3, -0.25) is 4.40 Å². The van der Waals surface area contributed by atoms with Crippen LogP contribution in [0.3, 0.4) is 0 Å². The Morgan fingerprint density at radius 1 is 1.17 bits per heavy atom. The predicted octanol–water partition coefficient (Wildman–Crippen LogP) is 2.53. The predicted molar refractivity (Wildman–Crippen MR) is 72.7 cm³/mol. The summed E-state index contributed by atoms with van der Waals surface area (Å²) in [5.74, 6) is 0.460. The Bertz CT molecular complexity index is 741. The molecule has 5 heteroatoms. The van der Waals surface area contributed by atoms with Crippen molar-refractivity contribution in [1.29, 1.82) is 0 Å². The molecule has 1 aromatic carbocycles. The number of aryl methyl sites for hydroxylation is 2. The highest BCUT2D eigenvalue weighted by Gasteiger charge is 2.15. The minimum absolute atomic E-state index is 0.460. The van der Waals surface area contributed by atoms with Gasteiger partial charge >= 0.3 is 0 Å². The summed E-state index contributed by atoms with van der Waals surface area (Å²) in [7, 11) is 0. The number of hydrogen-bond donors (Lipinski definition) is 1. The molecule has 1 aliphatic rings. The number of thiazole rings is 1. The summed E-state index contributed by atoms with van der Waals surface area (Å²) in [5, 5.41) is 10.1. The van der Waals surface area contributed by atoms with E-state index < -0.39 is 0 Å². The molecule has 0 amide bonds. The van der Waals surface area contributed by atoms with E-state index in [4.69, 9.17) is 5.73 Å². The molecule has 0 atom stereocenters. The summed E-state index contributed by atoms with van der Waals surface area (Å²) in [4.78, 5) is 0.850. The number of aromatic nitrogens is 3. The molecule has 0 bridgehead atoms. The summed E-state index contributed by atoms with van der Waals surface area (Å²) in [6.07, 6.45) is 3.67. The molecule has 2 aromatic heterocycles. The maximum atomic E-state index is 5.87. The molecule has 4 rings (SSSR count). The third-order valence-corrected chi connectivity index (χ3v) is 4.39. The number of nitrogens with two attached hydrogens (primary N) is 1. The first kappa shape index (κ1) is 10.1. The number of hydrogen-bond acceptors (Lipinski definition) is 4. The standard InChI is InChI=1S/C13H12N4S/c14-12-15-16-13-17(12)11(7-18-13)10-5-4-8-2-1-3-9(8)6-10/h4-7H,1-3H2,(H2,14,15). The van der Waals surface area contributed by atoms with E-state index in [1.807, 2.05) is 4.40 Å². The van der Waals surface area contributed by atoms with Crippen molar-refractivity contribution in [3.8, 4) is 11.3 Å². The van der Waals surface area contributed by atoms with Gasteiger partial charge in [-0.25, -0.2) is 0 Å². The van der Waals surface area contributed by atoms with E-state index in [2.05, 4.69) is 33.8 Å². The molecule has 0 unspecified atom stereocenters. The molecule has 4 nitrogen and oxygen atoms in total. The van der Waals surface area contributed by atoms with Gasteiger partial charge in [0.25, 0.3) is 0 Å². The van der Waals surface area contributed by atoms with E-state index in [9.17, 15) is 0 Å². The van der Waals surface area contributed by atoms with Gasteiger partial charge in [0.05, 0.1) is 5.69 Å². The van der Waals surface area contributed by atoms with Crippen LogP contribution in [0.4, 0.5) is 5.95 Å². The van der Waals surface area contributed by atoms with Crippen LogP contribution >= 0.6 is 11.3 Å². The highest BCUT2D eigenvalue weighted by Crippen LogP contribution is 2.31. The summed E-state index contributed by atoms with van der Waals surface area (Å²) in [6, 6.07) is 6.69. The van der Waals surface area contributed by atoms with Gasteiger partial charge in [0, 0.05) is 5.38 Å². The van der Waals surface area contributed by atoms with Crippen LogP contribution in [-0.4, -0.2) is 14.6 Å². The van der Waals surface area contributed by atoms with Crippen molar-refractivity contribution in [2.24, 2.45) is 0 Å². The zero-order chi connectivity index (χ0) is 12.1. The largest absolute Gasteiger partial charge is 0.368 e. The Morgan fingerprint density at radius 2 is 2.06 bits per heavy atom. The second-order valence-corrected chi connectivity index (χ2v) is 5.47. The van der Waals surface area contributed by atoms with Crippen LogP contribution in [0.15, 0.2) is 23.6 Å². The lowest BCUT2D eigenvalue weighted by atomic mass is 10.0. The molecular weight excluding hydrogens is 244 g/mol. The fourth-order valence-electron chi connectivity index (χ4n) is 2.67. The summed E-state index contributed by atoms with van der Waals surface area (Å²) in [5.41, 5.74) is 11.1. The first-order valence-electron chi connectivity index (χ1n) is 6.03. The number of nitrogens with zero attached hydrogens (tertiary/aromatic N) is 3. The Hall–Kier alpha value is -1.88. The van der Waals surface area contributed by atoms with Gasteiger partial charge in [0.15, 0.2) is 0 Å². The van der Waals surface area contributed by atoms with E-state index in [0.717, 1.165) is 10.7 Å². The number of rotatable bonds is 1. The maximum Gasteiger partial charge on any atom is 0.227 e. The van der Waals surface area contributed by atoms with Gasteiger partial charge < -0.3 is 5.73 Å². The molecule has 2 heterocycles. The number of nitrogen functional groups attached to an aromatic ring is 1. The molecule has 0 fully saturated rings. The van der Waals surface area contributed by atoms with Crippen molar-refractivity contribution in [2.75, 3.05) is 5.73 Å². The molecule has 0 radical (unpaired) electrons. The SMILES string of the molecule is Nc1nnc2scc(-c3ccc4c(c3)CCC4)n12. The molecule has 90 valence electrons. The molecule has 0 saturated carbocycles. The Labute approximate surface area is 108 Å². The van der Waals surface area contributed by atoms with Gasteiger partial charge in [-0.15, -0.1) is 21.5 Å². The molecule has 0 aliphatic heterocycles. The Balaban J connectivity index is 1.94. The van der Waals surface area contributed by atoms with Gasteiger partial charge in [0.1, 0.15) is 0 Å². The number of anilines is 1. The minimum Gasteiger partial charge on any atom is -0.368 e. The van der Waals surface area contributed by atoms with E-state index in [1.165, 1.54) is 36.0 Å². The quantitative estimate of drug-likeness (QED) is 0.728. The fraction of sp³-hybridized carbons (Fsp3) is 0.231. The topological polar surface area (TPSA) is 56.2 Å². The van der Waals surface area contributed by atoms with Crippen LogP contribution in [0.5, 0.6) is 0 Å². The number of fused-ring (bicyclic) bond motifs is 2. The molecule has 0 spiro atoms. The first-order chi connectivity index (χ1) is 8.83. The van der Waals surface area contributed by atoms with Gasteiger partial charge in [-0.2, -0.15) is 0 Å². The summed E-state index contributed by atoms with van der Waals surface area (Å²) in [6.45, 7) is 0. The third kappa shape index (κ3) is 1.31. The minimum atomic E-state index is 0.460. The van der Waals surface area contributed by atoms with Crippen LogP contribution in [0.1, 0.15) is 17.5 Å². The third-order valence-electron chi connectivity index (χ3n) is 3.57. The molecule has 1 aliphatic carbocycles. The van der Waals surface area contributed by atoms with Crippen LogP contribution < -0.4 is 5.73 Å². The average molecular weight is 256 g/mol. The number of benzene rings is 1. The fourth-order valence-corrected chi connectivity index (χ4v) is 3.52. The van der Waals surface area contributed by atoms with E-state index in [1.54, 1.807) is 11.3 Å². The van der Waals surface area contributed by atoms with Crippen LogP contribution in [0.25, 0.3) is 16.2 Å². The molecule has 18 heavy (non-hydrogen) atoms. The average Bonchev–Trinajstić information content (AvgIpc) is 3.06. The lowest BCUT2D eigenvalue weighted by Crippen LogP contribution is -1.95. The second-order valence-electron chi connectivity index (χ2n) is 4.63. The Kier molecular flexibility index (Phi) is 1.99. The normalized spacial score (nSPS) is 14.2. The smallest absolute Gasteiger partial charge is 0.227 e. The zero-order valence-corrected chi connectivity index (χ0v) is 10.6. The van der Waals surface area contributed by atoms with Crippen LogP contribution in [0, 0.1) is 0 Å². The van der Waals surface area contributed by atoms with E-state index in [0.29, 0.717) is 5.95 Å². The van der Waals surface area contributed by atoms with Crippen molar-refractivity contribution < 1.29 is 0 Å². The van der Waals surface area contributed by atoms with Gasteiger partial charge in [0.2, 0.25) is 10.9 Å². The Morgan fingerprint density at radius 3 is 3.00 bits per heavy atom. The van der Waals surface area contributed by atoms with Crippen molar-refractivity contribution >= 4 is 22.2 Å². The van der Waals surface area contributed by atoms with Crippen LogP contribution in [-0.2, 0) is 12.8 Å². The van der Waals surface area contributed by atoms with E-state index >= 15 is 0 Å². The van der Waals surface area contributed by atoms with Crippen molar-refractivity contribution in [3.63, 3.8) is 0 Å². The molecule has 3 aromatic rings. The highest BCUT2D eigenvalue weighted by atomic mass is 32.1. The lowest BCUT2D eigenvalue weighted by Gasteiger charge is -2.04. The highest BCUT2D eigenvalue weighted by molar-refractivity contribution is 7.15. The first-order valence-corrected chi connectivity index (χ1v) is 6.91. The monoisotopic (exact) mass is 256 g/mol. The van der Waals surface area contributed by atoms with Crippen molar-refractivity contribution in [1.82, 2.24) is 14.6 Å². The summed E-state index contributed by atoms with van der Waals surface area (Å²) >= 11 is 1.57. The van der Waals surface area contributed by atoms with E-state index in [-0.39, 0.29) is 0 Å². The second kappa shape index (κ2) is 3.55. The zero-order valence-electron chi connectivity index (χ0n) is 9.76. The summed E-state index contributed by atoms with van der Waals surface area (Å²) < 4.78 is 1.92. The maximum absolute atomic E-state index is 5.87. The molecule has 2 N–H and O–H groups in total. The van der Waals surface area contributed by atoms with Gasteiger partial charge in [-0.1, -0.05) is 12.1 Å². The van der Waals surface area contributed by atoms with Crippen LogP contribution in [0.2, 0.25) is 0 Å². The van der Waals surface area contributed by atoms with Gasteiger partial charge in [-0.05, 0) is 42.0 Å². The molecular formula is C13H12N4S. The van der Waals surface area contributed by atoms with Crippen molar-refractivity contribution in [3.05, 3.63) is 34.7 Å². The molecule has 0 saturated heterocycles. The lowest BCUT2D eigenvalue weighted by molar-refractivity contribution is 0.912. The van der Waals surface area contributed by atoms with Crippen molar-refractivity contribution in [2.45, 2.75) is 19.3 Å².